The number of imidazole rings is 2. The number of amides is 1. The van der Waals surface area contributed by atoms with Crippen molar-refractivity contribution in [1.82, 2.24) is 29.8 Å². The molecule has 0 saturated carbocycles. The monoisotopic (exact) mass is 390 g/mol. The number of pyridine rings is 1. The van der Waals surface area contributed by atoms with Gasteiger partial charge in [-0.15, -0.1) is 0 Å². The molecule has 148 valence electrons. The molecule has 0 aliphatic rings. The van der Waals surface area contributed by atoms with Crippen molar-refractivity contribution in [2.75, 3.05) is 0 Å². The molecule has 3 aromatic heterocycles. The average molecular weight is 390 g/mol. The van der Waals surface area contributed by atoms with Crippen LogP contribution >= 0.6 is 0 Å². The van der Waals surface area contributed by atoms with Crippen molar-refractivity contribution in [2.24, 2.45) is 7.05 Å². The van der Waals surface area contributed by atoms with Gasteiger partial charge in [-0.3, -0.25) is 14.3 Å². The Bertz CT molecular complexity index is 1250. The van der Waals surface area contributed by atoms with E-state index in [9.17, 15) is 9.59 Å². The molecule has 0 bridgehead atoms. The van der Waals surface area contributed by atoms with Crippen LogP contribution in [0.2, 0.25) is 0 Å². The number of fused-ring (bicyclic) bond motifs is 1. The standard InChI is InChI=1S/C21H22N6O2/c1-12(2)18-23-10-16(25-18)11-24-20(28)14-6-4-5-13(7-14)15-8-17-19(22-9-15)26-21(29)27(17)3/h4-10,12H,11H2,1-3H3,(H,23,25)(H,24,28)(H,22,26,29). The van der Waals surface area contributed by atoms with E-state index in [4.69, 9.17) is 0 Å². The molecule has 0 radical (unpaired) electrons. The van der Waals surface area contributed by atoms with Crippen LogP contribution in [0.15, 0.2) is 47.5 Å². The average Bonchev–Trinajstić information content (AvgIpc) is 3.31. The first-order chi connectivity index (χ1) is 13.9. The minimum atomic E-state index is -0.211. The molecule has 4 rings (SSSR count). The van der Waals surface area contributed by atoms with Crippen LogP contribution in [0, 0.1) is 0 Å². The Morgan fingerprint density at radius 3 is 2.72 bits per heavy atom. The molecule has 0 spiro atoms. The summed E-state index contributed by atoms with van der Waals surface area (Å²) in [5.74, 6) is 1.04. The van der Waals surface area contributed by atoms with E-state index in [1.54, 1.807) is 25.5 Å². The number of hydrogen-bond acceptors (Lipinski definition) is 4. The van der Waals surface area contributed by atoms with Crippen molar-refractivity contribution in [1.29, 1.82) is 0 Å². The topological polar surface area (TPSA) is 108 Å². The molecule has 0 aliphatic carbocycles. The number of aromatic nitrogens is 5. The first-order valence-electron chi connectivity index (χ1n) is 9.39. The lowest BCUT2D eigenvalue weighted by Gasteiger charge is -2.07. The Balaban J connectivity index is 1.54. The number of H-pyrrole nitrogens is 2. The molecule has 4 aromatic rings. The second kappa shape index (κ2) is 7.38. The molecule has 1 aromatic carbocycles. The predicted octanol–water partition coefficient (Wildman–Crippen LogP) is 2.71. The van der Waals surface area contributed by atoms with Gasteiger partial charge in [-0.05, 0) is 23.8 Å². The van der Waals surface area contributed by atoms with E-state index < -0.39 is 0 Å². The van der Waals surface area contributed by atoms with Gasteiger partial charge in [-0.1, -0.05) is 26.0 Å². The van der Waals surface area contributed by atoms with Gasteiger partial charge in [-0.25, -0.2) is 14.8 Å². The molecule has 8 heteroatoms. The quantitative estimate of drug-likeness (QED) is 0.487. The number of carbonyl (C=O) groups excluding carboxylic acids is 1. The molecule has 0 unspecified atom stereocenters. The van der Waals surface area contributed by atoms with E-state index in [2.05, 4.69) is 39.1 Å². The molecule has 1 amide bonds. The summed E-state index contributed by atoms with van der Waals surface area (Å²) in [5.41, 5.74) is 4.13. The molecule has 8 nitrogen and oxygen atoms in total. The molecule has 0 atom stereocenters. The van der Waals surface area contributed by atoms with Crippen LogP contribution in [0.3, 0.4) is 0 Å². The number of nitrogens with zero attached hydrogens (tertiary/aromatic N) is 3. The van der Waals surface area contributed by atoms with Crippen LogP contribution in [-0.4, -0.2) is 30.4 Å². The third kappa shape index (κ3) is 3.69. The number of hydrogen-bond donors (Lipinski definition) is 3. The van der Waals surface area contributed by atoms with E-state index >= 15 is 0 Å². The fourth-order valence-corrected chi connectivity index (χ4v) is 3.13. The SMILES string of the molecule is CC(C)c1ncc(CNC(=O)c2cccc(-c3cnc4[nH]c(=O)n(C)c4c3)c2)[nH]1. The highest BCUT2D eigenvalue weighted by Gasteiger charge is 2.11. The predicted molar refractivity (Wildman–Crippen MR) is 111 cm³/mol. The molecule has 0 saturated heterocycles. The van der Waals surface area contributed by atoms with Crippen molar-refractivity contribution in [3.05, 3.63) is 70.3 Å². The molecule has 3 N–H and O–H groups in total. The summed E-state index contributed by atoms with van der Waals surface area (Å²) >= 11 is 0. The van der Waals surface area contributed by atoms with Gasteiger partial charge < -0.3 is 10.3 Å². The lowest BCUT2D eigenvalue weighted by molar-refractivity contribution is 0.0950. The van der Waals surface area contributed by atoms with Gasteiger partial charge in [0, 0.05) is 30.3 Å². The fourth-order valence-electron chi connectivity index (χ4n) is 3.13. The maximum atomic E-state index is 12.6. The third-order valence-corrected chi connectivity index (χ3v) is 4.85. The van der Waals surface area contributed by atoms with Crippen molar-refractivity contribution >= 4 is 17.1 Å². The zero-order valence-corrected chi connectivity index (χ0v) is 16.5. The van der Waals surface area contributed by atoms with Gasteiger partial charge in [0.25, 0.3) is 5.91 Å². The number of benzene rings is 1. The summed E-state index contributed by atoms with van der Waals surface area (Å²) < 4.78 is 1.51. The highest BCUT2D eigenvalue weighted by atomic mass is 16.2. The number of aryl methyl sites for hydroxylation is 1. The molecule has 3 heterocycles. The van der Waals surface area contributed by atoms with Crippen LogP contribution in [-0.2, 0) is 13.6 Å². The molecule has 0 fully saturated rings. The van der Waals surface area contributed by atoms with Crippen molar-refractivity contribution in [2.45, 2.75) is 26.3 Å². The van der Waals surface area contributed by atoms with Crippen molar-refractivity contribution in [3.8, 4) is 11.1 Å². The largest absolute Gasteiger partial charge is 0.346 e. The molecular weight excluding hydrogens is 368 g/mol. The normalized spacial score (nSPS) is 11.3. The van der Waals surface area contributed by atoms with Gasteiger partial charge in [0.15, 0.2) is 5.65 Å². The van der Waals surface area contributed by atoms with E-state index in [1.807, 2.05) is 24.3 Å². The Morgan fingerprint density at radius 1 is 1.14 bits per heavy atom. The minimum Gasteiger partial charge on any atom is -0.346 e. The van der Waals surface area contributed by atoms with Crippen LogP contribution in [0.5, 0.6) is 0 Å². The third-order valence-electron chi connectivity index (χ3n) is 4.85. The maximum absolute atomic E-state index is 12.6. The van der Waals surface area contributed by atoms with E-state index in [0.29, 0.717) is 29.2 Å². The minimum absolute atomic E-state index is 0.171. The number of carbonyl (C=O) groups is 1. The number of aromatic amines is 2. The van der Waals surface area contributed by atoms with Gasteiger partial charge >= 0.3 is 5.69 Å². The van der Waals surface area contributed by atoms with E-state index in [-0.39, 0.29) is 11.6 Å². The Kier molecular flexibility index (Phi) is 4.75. The van der Waals surface area contributed by atoms with Gasteiger partial charge in [0.05, 0.1) is 24.0 Å². The zero-order valence-electron chi connectivity index (χ0n) is 16.5. The molecule has 0 aliphatic heterocycles. The van der Waals surface area contributed by atoms with Crippen LogP contribution in [0.25, 0.3) is 22.3 Å². The molecular formula is C21H22N6O2. The van der Waals surface area contributed by atoms with E-state index in [0.717, 1.165) is 22.6 Å². The Labute approximate surface area is 167 Å². The lowest BCUT2D eigenvalue weighted by atomic mass is 10.0. The first kappa shape index (κ1) is 18.7. The van der Waals surface area contributed by atoms with E-state index in [1.165, 1.54) is 4.57 Å². The van der Waals surface area contributed by atoms with Crippen molar-refractivity contribution in [3.63, 3.8) is 0 Å². The summed E-state index contributed by atoms with van der Waals surface area (Å²) in [5, 5.41) is 2.91. The van der Waals surface area contributed by atoms with Gasteiger partial charge in [0.2, 0.25) is 0 Å². The second-order valence-corrected chi connectivity index (χ2v) is 7.29. The van der Waals surface area contributed by atoms with Crippen LogP contribution in [0.1, 0.15) is 41.6 Å². The van der Waals surface area contributed by atoms with Crippen LogP contribution in [0.4, 0.5) is 0 Å². The van der Waals surface area contributed by atoms with Crippen molar-refractivity contribution < 1.29 is 4.79 Å². The Morgan fingerprint density at radius 2 is 1.97 bits per heavy atom. The van der Waals surface area contributed by atoms with Gasteiger partial charge in [0.1, 0.15) is 5.82 Å². The molecule has 29 heavy (non-hydrogen) atoms. The number of rotatable bonds is 5. The summed E-state index contributed by atoms with van der Waals surface area (Å²) in [7, 11) is 1.69. The van der Waals surface area contributed by atoms with Gasteiger partial charge in [-0.2, -0.15) is 0 Å². The summed E-state index contributed by atoms with van der Waals surface area (Å²) in [6, 6.07) is 9.21. The summed E-state index contributed by atoms with van der Waals surface area (Å²) in [4.78, 5) is 38.9. The second-order valence-electron chi connectivity index (χ2n) is 7.29. The van der Waals surface area contributed by atoms with Crippen LogP contribution < -0.4 is 11.0 Å². The highest BCUT2D eigenvalue weighted by Crippen LogP contribution is 2.22. The Hall–Kier alpha value is -3.68. The zero-order chi connectivity index (χ0) is 20.5. The lowest BCUT2D eigenvalue weighted by Crippen LogP contribution is -2.23. The smallest absolute Gasteiger partial charge is 0.327 e. The summed E-state index contributed by atoms with van der Waals surface area (Å²) in [6.07, 6.45) is 3.43. The maximum Gasteiger partial charge on any atom is 0.327 e. The first-order valence-corrected chi connectivity index (χ1v) is 9.39. The highest BCUT2D eigenvalue weighted by molar-refractivity contribution is 5.95. The fraction of sp³-hybridized carbons (Fsp3) is 0.238. The number of nitrogens with one attached hydrogen (secondary N) is 3. The summed E-state index contributed by atoms with van der Waals surface area (Å²) in [6.45, 7) is 4.50.